The number of carboxylic acid groups (broad SMARTS) is 2. The summed E-state index contributed by atoms with van der Waals surface area (Å²) >= 11 is 4.98. The van der Waals surface area contributed by atoms with E-state index in [9.17, 15) is 24.3 Å². The van der Waals surface area contributed by atoms with E-state index < -0.39 is 35.2 Å². The number of hydrogen-bond acceptors (Lipinski definition) is 13. The highest BCUT2D eigenvalue weighted by Crippen LogP contribution is 2.42. The molecule has 2 aliphatic rings. The highest BCUT2D eigenvalue weighted by Gasteiger charge is 2.54. The zero-order valence-electron chi connectivity index (χ0n) is 19.3. The Morgan fingerprint density at radius 2 is 2.11 bits per heavy atom. The molecule has 1 fully saturated rings. The lowest BCUT2D eigenvalue weighted by molar-refractivity contribution is -0.150. The standard InChI is InChI=1S/C20H20N6O7S4/c1-7-10(3-11(27)28)37-20(22-7)36-5-8-4-34-17-13(16(30)26(17)14(8)18(31)32)24-15(29)12(25-33-2)9-6-35-19(21)23-9/h6,13,17H,3-5H2,1-2H3,(H2,21,23)(H,24,29)(H,27,28)(H,31,32)/b25-12+. The van der Waals surface area contributed by atoms with Crippen molar-refractivity contribution in [3.8, 4) is 0 Å². The predicted molar refractivity (Wildman–Crippen MR) is 139 cm³/mol. The molecule has 0 bridgehead atoms. The first-order valence-electron chi connectivity index (χ1n) is 10.4. The number of fused-ring (bicyclic) bond motifs is 1. The number of thiazole rings is 2. The van der Waals surface area contributed by atoms with E-state index in [1.165, 1.54) is 52.3 Å². The molecule has 37 heavy (non-hydrogen) atoms. The molecule has 2 aromatic heterocycles. The van der Waals surface area contributed by atoms with Crippen molar-refractivity contribution < 1.29 is 34.2 Å². The SMILES string of the molecule is CO/N=C(/C(=O)NC1C(=O)N2C(C(=O)O)=C(CSc3nc(C)c(CC(=O)O)s3)CSC12)c1csc(N)n1. The van der Waals surface area contributed by atoms with Crippen molar-refractivity contribution in [1.82, 2.24) is 20.2 Å². The Kier molecular flexibility index (Phi) is 8.05. The van der Waals surface area contributed by atoms with Crippen LogP contribution in [0.4, 0.5) is 5.13 Å². The number of amides is 2. The van der Waals surface area contributed by atoms with Crippen LogP contribution in [-0.4, -0.2) is 84.6 Å². The van der Waals surface area contributed by atoms with Gasteiger partial charge in [-0.15, -0.1) is 34.4 Å². The van der Waals surface area contributed by atoms with Gasteiger partial charge in [-0.05, 0) is 12.5 Å². The maximum absolute atomic E-state index is 13.0. The van der Waals surface area contributed by atoms with Gasteiger partial charge in [0.25, 0.3) is 11.8 Å². The molecule has 5 N–H and O–H groups in total. The Balaban J connectivity index is 1.47. The highest BCUT2D eigenvalue weighted by molar-refractivity contribution is 8.01. The number of nitrogen functional groups attached to an aromatic ring is 1. The van der Waals surface area contributed by atoms with Gasteiger partial charge < -0.3 is 26.1 Å². The van der Waals surface area contributed by atoms with Crippen molar-refractivity contribution >= 4 is 80.8 Å². The van der Waals surface area contributed by atoms with Crippen molar-refractivity contribution in [2.24, 2.45) is 5.16 Å². The number of aromatic nitrogens is 2. The van der Waals surface area contributed by atoms with Crippen molar-refractivity contribution in [2.75, 3.05) is 24.3 Å². The van der Waals surface area contributed by atoms with E-state index in [4.69, 9.17) is 15.7 Å². The average Bonchev–Trinajstić information content (AvgIpc) is 3.42. The first-order valence-corrected chi connectivity index (χ1v) is 14.2. The number of β-lactam (4-membered cyclic amide) rings is 1. The van der Waals surface area contributed by atoms with Crippen molar-refractivity contribution in [3.05, 3.63) is 32.9 Å². The van der Waals surface area contributed by atoms with Gasteiger partial charge in [0.2, 0.25) is 0 Å². The number of carbonyl (C=O) groups is 4. The molecule has 2 aromatic rings. The normalized spacial score (nSPS) is 19.4. The summed E-state index contributed by atoms with van der Waals surface area (Å²) in [7, 11) is 1.26. The van der Waals surface area contributed by atoms with E-state index in [2.05, 4.69) is 20.4 Å². The largest absolute Gasteiger partial charge is 0.481 e. The summed E-state index contributed by atoms with van der Waals surface area (Å²) in [6.07, 6.45) is -0.132. The fraction of sp³-hybridized carbons (Fsp3) is 0.350. The lowest BCUT2D eigenvalue weighted by Gasteiger charge is -2.49. The molecular formula is C20H20N6O7S4. The molecular weight excluding hydrogens is 565 g/mol. The predicted octanol–water partition coefficient (Wildman–Crippen LogP) is 0.999. The molecule has 196 valence electrons. The number of carbonyl (C=O) groups excluding carboxylic acids is 2. The number of thioether (sulfide) groups is 2. The summed E-state index contributed by atoms with van der Waals surface area (Å²) in [4.78, 5) is 63.9. The molecule has 0 aromatic carbocycles. The second kappa shape index (κ2) is 11.1. The van der Waals surface area contributed by atoms with Crippen LogP contribution in [-0.2, 0) is 30.4 Å². The van der Waals surface area contributed by atoms with Crippen LogP contribution in [0.15, 0.2) is 26.1 Å². The van der Waals surface area contributed by atoms with Crippen LogP contribution >= 0.6 is 46.2 Å². The second-order valence-corrected chi connectivity index (χ2v) is 12.0. The number of nitrogens with zero attached hydrogens (tertiary/aromatic N) is 4. The third-order valence-electron chi connectivity index (χ3n) is 5.25. The van der Waals surface area contributed by atoms with E-state index in [0.717, 1.165) is 11.3 Å². The third kappa shape index (κ3) is 5.58. The average molecular weight is 585 g/mol. The molecule has 2 unspecified atom stereocenters. The zero-order chi connectivity index (χ0) is 26.9. The number of carboxylic acids is 2. The molecule has 4 rings (SSSR count). The van der Waals surface area contributed by atoms with Gasteiger partial charge in [0.05, 0.1) is 12.1 Å². The number of hydrogen-bond donors (Lipinski definition) is 4. The van der Waals surface area contributed by atoms with Crippen LogP contribution in [0.2, 0.25) is 0 Å². The Labute approximate surface area is 226 Å². The number of oxime groups is 1. The Bertz CT molecular complexity index is 1340. The van der Waals surface area contributed by atoms with Crippen LogP contribution < -0.4 is 11.1 Å². The summed E-state index contributed by atoms with van der Waals surface area (Å²) in [6, 6.07) is -0.959. The molecule has 2 atom stereocenters. The summed E-state index contributed by atoms with van der Waals surface area (Å²) in [5.41, 5.74) is 6.70. The highest BCUT2D eigenvalue weighted by atomic mass is 32.2. The fourth-order valence-corrected chi connectivity index (χ4v) is 7.87. The van der Waals surface area contributed by atoms with Gasteiger partial charge in [0, 0.05) is 21.8 Å². The van der Waals surface area contributed by atoms with E-state index in [-0.39, 0.29) is 34.4 Å². The van der Waals surface area contributed by atoms with Crippen molar-refractivity contribution in [1.29, 1.82) is 0 Å². The van der Waals surface area contributed by atoms with E-state index in [0.29, 0.717) is 26.2 Å². The molecule has 1 saturated heterocycles. The second-order valence-electron chi connectivity index (χ2n) is 7.66. The summed E-state index contributed by atoms with van der Waals surface area (Å²) in [6.45, 7) is 1.72. The van der Waals surface area contributed by atoms with E-state index in [1.807, 2.05) is 0 Å². The maximum atomic E-state index is 13.0. The molecule has 17 heteroatoms. The van der Waals surface area contributed by atoms with E-state index >= 15 is 0 Å². The first kappa shape index (κ1) is 26.9. The van der Waals surface area contributed by atoms with Gasteiger partial charge in [-0.25, -0.2) is 14.8 Å². The summed E-state index contributed by atoms with van der Waals surface area (Å²) in [5.74, 6) is -2.89. The Morgan fingerprint density at radius 3 is 2.73 bits per heavy atom. The number of nitrogens with two attached hydrogens (primary N) is 1. The summed E-state index contributed by atoms with van der Waals surface area (Å²) in [5, 5.41) is 26.3. The van der Waals surface area contributed by atoms with Crippen LogP contribution in [0, 0.1) is 6.92 Å². The van der Waals surface area contributed by atoms with Gasteiger partial charge in [0.15, 0.2) is 15.2 Å². The van der Waals surface area contributed by atoms with Gasteiger partial charge in [-0.3, -0.25) is 19.3 Å². The molecule has 13 nitrogen and oxygen atoms in total. The van der Waals surface area contributed by atoms with Crippen LogP contribution in [0.25, 0.3) is 0 Å². The lowest BCUT2D eigenvalue weighted by Crippen LogP contribution is -2.71. The van der Waals surface area contributed by atoms with Gasteiger partial charge in [-0.1, -0.05) is 16.9 Å². The number of aryl methyl sites for hydroxylation is 1. The fourth-order valence-electron chi connectivity index (χ4n) is 3.61. The Hall–Kier alpha value is -3.15. The minimum atomic E-state index is -1.25. The van der Waals surface area contributed by atoms with E-state index in [1.54, 1.807) is 6.92 Å². The van der Waals surface area contributed by atoms with Gasteiger partial charge in [-0.2, -0.15) is 0 Å². The van der Waals surface area contributed by atoms with Crippen LogP contribution in [0.3, 0.4) is 0 Å². The van der Waals surface area contributed by atoms with Crippen molar-refractivity contribution in [2.45, 2.75) is 29.1 Å². The minimum Gasteiger partial charge on any atom is -0.481 e. The van der Waals surface area contributed by atoms with Crippen molar-refractivity contribution in [3.63, 3.8) is 0 Å². The number of rotatable bonds is 10. The summed E-state index contributed by atoms with van der Waals surface area (Å²) < 4.78 is 0.617. The lowest BCUT2D eigenvalue weighted by atomic mass is 10.0. The van der Waals surface area contributed by atoms with Gasteiger partial charge in [0.1, 0.15) is 29.9 Å². The number of nitrogens with one attached hydrogen (secondary N) is 1. The Morgan fingerprint density at radius 1 is 1.35 bits per heavy atom. The maximum Gasteiger partial charge on any atom is 0.352 e. The molecule has 4 heterocycles. The van der Waals surface area contributed by atoms with Crippen LogP contribution in [0.1, 0.15) is 16.3 Å². The first-order chi connectivity index (χ1) is 17.6. The smallest absolute Gasteiger partial charge is 0.352 e. The molecule has 0 saturated carbocycles. The number of aliphatic carboxylic acids is 2. The van der Waals surface area contributed by atoms with Gasteiger partial charge >= 0.3 is 11.9 Å². The molecule has 2 aliphatic heterocycles. The molecule has 0 spiro atoms. The minimum absolute atomic E-state index is 0.121. The molecule has 2 amide bonds. The monoisotopic (exact) mass is 584 g/mol. The third-order valence-corrected chi connectivity index (χ3v) is 9.65. The van der Waals surface area contributed by atoms with Crippen LogP contribution in [0.5, 0.6) is 0 Å². The zero-order valence-corrected chi connectivity index (χ0v) is 22.6. The quantitative estimate of drug-likeness (QED) is 0.134. The molecule has 0 aliphatic carbocycles. The number of anilines is 1. The topological polar surface area (TPSA) is 197 Å². The molecule has 0 radical (unpaired) electrons.